The Kier molecular flexibility index (Phi) is 2.95. The van der Waals surface area contributed by atoms with E-state index in [2.05, 4.69) is 15.0 Å². The van der Waals surface area contributed by atoms with Gasteiger partial charge in [-0.05, 0) is 19.1 Å². The Balaban J connectivity index is 2.09. The minimum absolute atomic E-state index is 0.289. The minimum atomic E-state index is -0.453. The highest BCUT2D eigenvalue weighted by Crippen LogP contribution is 2.20. The summed E-state index contributed by atoms with van der Waals surface area (Å²) in [4.78, 5) is 23.4. The second-order valence-electron chi connectivity index (χ2n) is 4.44. The number of carbonyl (C=O) groups excluding carboxylic acids is 1. The number of nitrogens with zero attached hydrogens (tertiary/aromatic N) is 2. The average Bonchev–Trinajstić information content (AvgIpc) is 2.88. The number of benzene rings is 1. The largest absolute Gasteiger partial charge is 0.464 e. The van der Waals surface area contributed by atoms with Crippen LogP contribution in [-0.4, -0.2) is 28.0 Å². The van der Waals surface area contributed by atoms with E-state index in [0.717, 1.165) is 10.9 Å². The number of nitrogens with one attached hydrogen (secondary N) is 1. The van der Waals surface area contributed by atoms with Gasteiger partial charge in [0.15, 0.2) is 11.5 Å². The van der Waals surface area contributed by atoms with Crippen molar-refractivity contribution >= 4 is 16.9 Å². The fourth-order valence-corrected chi connectivity index (χ4v) is 2.08. The van der Waals surface area contributed by atoms with Crippen LogP contribution < -0.4 is 0 Å². The standard InChI is InChI=1S/C15H13N3O2/c1-9-13(15(19)20-2)18-14(16-9)12-8-7-10-5-3-4-6-11(10)17-12/h3-8H,1-2H3,(H,16,18). The maximum absolute atomic E-state index is 11.6. The molecule has 0 amide bonds. The number of aryl methyl sites for hydroxylation is 1. The predicted octanol–water partition coefficient (Wildman–Crippen LogP) is 2.72. The van der Waals surface area contributed by atoms with Crippen molar-refractivity contribution in [3.05, 3.63) is 47.8 Å². The number of carbonyl (C=O) groups is 1. The van der Waals surface area contributed by atoms with Crippen molar-refractivity contribution in [3.63, 3.8) is 0 Å². The molecule has 0 spiro atoms. The molecule has 0 unspecified atom stereocenters. The number of aromatic nitrogens is 3. The van der Waals surface area contributed by atoms with Gasteiger partial charge in [-0.1, -0.05) is 24.3 Å². The molecule has 0 aliphatic carbocycles. The van der Waals surface area contributed by atoms with Crippen molar-refractivity contribution in [2.75, 3.05) is 7.11 Å². The lowest BCUT2D eigenvalue weighted by Crippen LogP contribution is -2.03. The molecule has 0 saturated heterocycles. The number of rotatable bonds is 2. The third-order valence-corrected chi connectivity index (χ3v) is 3.10. The molecular weight excluding hydrogens is 254 g/mol. The predicted molar refractivity (Wildman–Crippen MR) is 75.4 cm³/mol. The van der Waals surface area contributed by atoms with E-state index in [9.17, 15) is 4.79 Å². The molecule has 0 atom stereocenters. The van der Waals surface area contributed by atoms with Crippen LogP contribution in [0, 0.1) is 6.92 Å². The molecule has 0 aliphatic heterocycles. The summed E-state index contributed by atoms with van der Waals surface area (Å²) in [7, 11) is 1.34. The van der Waals surface area contributed by atoms with Crippen molar-refractivity contribution in [3.8, 4) is 11.5 Å². The summed E-state index contributed by atoms with van der Waals surface area (Å²) in [6.45, 7) is 1.78. The second kappa shape index (κ2) is 4.77. The molecule has 3 aromatic rings. The number of ether oxygens (including phenoxy) is 1. The van der Waals surface area contributed by atoms with Gasteiger partial charge in [-0.2, -0.15) is 0 Å². The van der Waals surface area contributed by atoms with E-state index in [-0.39, 0.29) is 5.69 Å². The molecule has 0 aliphatic rings. The fraction of sp³-hybridized carbons (Fsp3) is 0.133. The monoisotopic (exact) mass is 267 g/mol. The van der Waals surface area contributed by atoms with E-state index in [4.69, 9.17) is 4.74 Å². The molecule has 1 aromatic carbocycles. The van der Waals surface area contributed by atoms with Crippen LogP contribution in [0.5, 0.6) is 0 Å². The molecule has 2 aromatic heterocycles. The number of imidazole rings is 1. The smallest absolute Gasteiger partial charge is 0.358 e. The summed E-state index contributed by atoms with van der Waals surface area (Å²) >= 11 is 0. The number of fused-ring (bicyclic) bond motifs is 1. The third kappa shape index (κ3) is 2.03. The quantitative estimate of drug-likeness (QED) is 0.725. The van der Waals surface area contributed by atoms with Crippen LogP contribution in [0.4, 0.5) is 0 Å². The Labute approximate surface area is 115 Å². The summed E-state index contributed by atoms with van der Waals surface area (Å²) in [6, 6.07) is 11.7. The van der Waals surface area contributed by atoms with Gasteiger partial charge in [-0.25, -0.2) is 14.8 Å². The van der Waals surface area contributed by atoms with Crippen LogP contribution in [0.1, 0.15) is 16.2 Å². The van der Waals surface area contributed by atoms with Crippen LogP contribution in [0.3, 0.4) is 0 Å². The molecule has 0 fully saturated rings. The Bertz CT molecular complexity index is 793. The van der Waals surface area contributed by atoms with E-state index >= 15 is 0 Å². The highest BCUT2D eigenvalue weighted by atomic mass is 16.5. The van der Waals surface area contributed by atoms with Gasteiger partial charge >= 0.3 is 5.97 Å². The third-order valence-electron chi connectivity index (χ3n) is 3.10. The van der Waals surface area contributed by atoms with Crippen molar-refractivity contribution < 1.29 is 9.53 Å². The summed E-state index contributed by atoms with van der Waals surface area (Å²) in [5.41, 5.74) is 2.54. The van der Waals surface area contributed by atoms with Crippen molar-refractivity contribution in [2.45, 2.75) is 6.92 Å². The zero-order chi connectivity index (χ0) is 14.1. The SMILES string of the molecule is COC(=O)c1nc(-c2ccc3ccccc3n2)[nH]c1C. The average molecular weight is 267 g/mol. The number of H-pyrrole nitrogens is 1. The first-order chi connectivity index (χ1) is 9.69. The number of aromatic amines is 1. The maximum atomic E-state index is 11.6. The zero-order valence-corrected chi connectivity index (χ0v) is 11.2. The van der Waals surface area contributed by atoms with E-state index < -0.39 is 5.97 Å². The summed E-state index contributed by atoms with van der Waals surface area (Å²) in [5.74, 6) is 0.111. The molecule has 5 nitrogen and oxygen atoms in total. The Hall–Kier alpha value is -2.69. The number of hydrogen-bond acceptors (Lipinski definition) is 4. The molecule has 0 radical (unpaired) electrons. The molecule has 5 heteroatoms. The number of methoxy groups -OCH3 is 1. The van der Waals surface area contributed by atoms with E-state index in [1.807, 2.05) is 36.4 Å². The van der Waals surface area contributed by atoms with Crippen LogP contribution >= 0.6 is 0 Å². The van der Waals surface area contributed by atoms with Crippen molar-refractivity contribution in [2.24, 2.45) is 0 Å². The van der Waals surface area contributed by atoms with Crippen molar-refractivity contribution in [1.82, 2.24) is 15.0 Å². The molecular formula is C15H13N3O2. The van der Waals surface area contributed by atoms with Crippen LogP contribution in [-0.2, 0) is 4.74 Å². The molecule has 0 saturated carbocycles. The number of para-hydroxylation sites is 1. The highest BCUT2D eigenvalue weighted by Gasteiger charge is 2.16. The normalized spacial score (nSPS) is 10.7. The van der Waals surface area contributed by atoms with Crippen LogP contribution in [0.15, 0.2) is 36.4 Å². The lowest BCUT2D eigenvalue weighted by Gasteiger charge is -1.99. The number of hydrogen-bond donors (Lipinski definition) is 1. The highest BCUT2D eigenvalue weighted by molar-refractivity contribution is 5.89. The van der Waals surface area contributed by atoms with Crippen LogP contribution in [0.25, 0.3) is 22.4 Å². The lowest BCUT2D eigenvalue weighted by atomic mass is 10.2. The van der Waals surface area contributed by atoms with Gasteiger partial charge < -0.3 is 9.72 Å². The molecule has 1 N–H and O–H groups in total. The van der Waals surface area contributed by atoms with Gasteiger partial charge in [0.1, 0.15) is 5.69 Å². The van der Waals surface area contributed by atoms with Gasteiger partial charge in [0.25, 0.3) is 0 Å². The zero-order valence-electron chi connectivity index (χ0n) is 11.2. The first-order valence-corrected chi connectivity index (χ1v) is 6.20. The van der Waals surface area contributed by atoms with Gasteiger partial charge in [0, 0.05) is 11.1 Å². The Morgan fingerprint density at radius 3 is 2.75 bits per heavy atom. The second-order valence-corrected chi connectivity index (χ2v) is 4.44. The molecule has 20 heavy (non-hydrogen) atoms. The summed E-state index contributed by atoms with van der Waals surface area (Å²) in [6.07, 6.45) is 0. The molecule has 2 heterocycles. The Morgan fingerprint density at radius 1 is 1.15 bits per heavy atom. The topological polar surface area (TPSA) is 67.9 Å². The van der Waals surface area contributed by atoms with E-state index in [1.54, 1.807) is 6.92 Å². The van der Waals surface area contributed by atoms with Gasteiger partial charge in [-0.15, -0.1) is 0 Å². The number of esters is 1. The maximum Gasteiger partial charge on any atom is 0.358 e. The molecule has 0 bridgehead atoms. The van der Waals surface area contributed by atoms with E-state index in [0.29, 0.717) is 17.2 Å². The molecule has 3 rings (SSSR count). The molecule has 100 valence electrons. The Morgan fingerprint density at radius 2 is 1.95 bits per heavy atom. The minimum Gasteiger partial charge on any atom is -0.464 e. The van der Waals surface area contributed by atoms with E-state index in [1.165, 1.54) is 7.11 Å². The summed E-state index contributed by atoms with van der Waals surface area (Å²) in [5, 5.41) is 1.06. The van der Waals surface area contributed by atoms with Gasteiger partial charge in [0.2, 0.25) is 0 Å². The fourth-order valence-electron chi connectivity index (χ4n) is 2.08. The summed E-state index contributed by atoms with van der Waals surface area (Å²) < 4.78 is 4.69. The van der Waals surface area contributed by atoms with Gasteiger partial charge in [0.05, 0.1) is 12.6 Å². The lowest BCUT2D eigenvalue weighted by molar-refractivity contribution is 0.0594. The first-order valence-electron chi connectivity index (χ1n) is 6.20. The first kappa shape index (κ1) is 12.3. The van der Waals surface area contributed by atoms with Crippen LogP contribution in [0.2, 0.25) is 0 Å². The van der Waals surface area contributed by atoms with Gasteiger partial charge in [-0.3, -0.25) is 0 Å². The van der Waals surface area contributed by atoms with Crippen molar-refractivity contribution in [1.29, 1.82) is 0 Å². The number of pyridine rings is 1.